The van der Waals surface area contributed by atoms with Crippen LogP contribution in [0, 0.1) is 0 Å². The second kappa shape index (κ2) is 5.81. The first kappa shape index (κ1) is 13.3. The number of imidazole rings is 1. The molecule has 0 radical (unpaired) electrons. The molecule has 0 amide bonds. The Morgan fingerprint density at radius 2 is 2.29 bits per heavy atom. The molecular weight excluding hydrogens is 298 g/mol. The molecule has 1 aliphatic rings. The smallest absolute Gasteiger partial charge is 0.160 e. The number of hydrogen-bond acceptors (Lipinski definition) is 4. The van der Waals surface area contributed by atoms with E-state index < -0.39 is 0 Å². The summed E-state index contributed by atoms with van der Waals surface area (Å²) < 4.78 is 2.31. The zero-order chi connectivity index (χ0) is 14.1. The van der Waals surface area contributed by atoms with Crippen molar-refractivity contribution in [2.24, 2.45) is 0 Å². The minimum Gasteiger partial charge on any atom is -0.307 e. The fourth-order valence-corrected chi connectivity index (χ4v) is 4.85. The van der Waals surface area contributed by atoms with Crippen LogP contribution in [0.2, 0.25) is 0 Å². The molecule has 0 bridgehead atoms. The van der Waals surface area contributed by atoms with Gasteiger partial charge in [0.05, 0.1) is 6.54 Å². The summed E-state index contributed by atoms with van der Waals surface area (Å²) in [6.45, 7) is 0.887. The van der Waals surface area contributed by atoms with E-state index in [0.29, 0.717) is 0 Å². The average molecular weight is 315 g/mol. The molecule has 21 heavy (non-hydrogen) atoms. The lowest BCUT2D eigenvalue weighted by Crippen LogP contribution is -2.10. The molecule has 1 saturated heterocycles. The zero-order valence-corrected chi connectivity index (χ0v) is 13.4. The third-order valence-corrected chi connectivity index (χ3v) is 6.17. The first-order chi connectivity index (χ1) is 10.4. The number of thiophene rings is 1. The fraction of sp³-hybridized carbons (Fsp3) is 0.375. The van der Waals surface area contributed by atoms with E-state index in [0.717, 1.165) is 29.4 Å². The van der Waals surface area contributed by atoms with Gasteiger partial charge in [0, 0.05) is 22.7 Å². The van der Waals surface area contributed by atoms with Gasteiger partial charge in [0.25, 0.3) is 0 Å². The molecule has 4 heterocycles. The van der Waals surface area contributed by atoms with Gasteiger partial charge in [-0.1, -0.05) is 6.07 Å². The van der Waals surface area contributed by atoms with E-state index in [1.54, 1.807) is 11.3 Å². The number of nitrogens with zero attached hydrogens (tertiary/aromatic N) is 3. The number of rotatable bonds is 4. The molecule has 3 aromatic rings. The van der Waals surface area contributed by atoms with Crippen molar-refractivity contribution in [3.63, 3.8) is 0 Å². The van der Waals surface area contributed by atoms with Crippen LogP contribution >= 0.6 is 23.1 Å². The second-order valence-electron chi connectivity index (χ2n) is 5.38. The number of aromatic nitrogens is 3. The fourth-order valence-electron chi connectivity index (χ4n) is 2.89. The third-order valence-electron chi connectivity index (χ3n) is 3.91. The number of thioether (sulfide) groups is 1. The van der Waals surface area contributed by atoms with Gasteiger partial charge in [-0.15, -0.1) is 11.3 Å². The van der Waals surface area contributed by atoms with E-state index >= 15 is 0 Å². The van der Waals surface area contributed by atoms with Crippen LogP contribution in [0.5, 0.6) is 0 Å². The second-order valence-corrected chi connectivity index (χ2v) is 7.82. The quantitative estimate of drug-likeness (QED) is 0.729. The summed E-state index contributed by atoms with van der Waals surface area (Å²) >= 11 is 3.89. The Morgan fingerprint density at radius 3 is 3.10 bits per heavy atom. The molecule has 1 fully saturated rings. The molecule has 1 atom stereocenters. The topological polar surface area (TPSA) is 30.7 Å². The molecule has 0 saturated carbocycles. The minimum absolute atomic E-state index is 0.726. The first-order valence-electron chi connectivity index (χ1n) is 7.34. The molecule has 3 nitrogen and oxygen atoms in total. The van der Waals surface area contributed by atoms with Crippen molar-refractivity contribution < 1.29 is 0 Å². The van der Waals surface area contributed by atoms with Crippen molar-refractivity contribution in [1.82, 2.24) is 14.5 Å². The molecule has 4 rings (SSSR count). The molecule has 0 spiro atoms. The van der Waals surface area contributed by atoms with Gasteiger partial charge in [0.2, 0.25) is 0 Å². The molecule has 0 N–H and O–H groups in total. The van der Waals surface area contributed by atoms with Gasteiger partial charge in [-0.25, -0.2) is 9.97 Å². The lowest BCUT2D eigenvalue weighted by atomic mass is 10.2. The molecule has 1 unspecified atom stereocenters. The zero-order valence-electron chi connectivity index (χ0n) is 11.7. The number of fused-ring (bicyclic) bond motifs is 1. The van der Waals surface area contributed by atoms with Gasteiger partial charge in [-0.2, -0.15) is 11.8 Å². The van der Waals surface area contributed by atoms with E-state index in [1.165, 1.54) is 29.3 Å². The molecule has 3 aromatic heterocycles. The molecule has 0 aliphatic carbocycles. The van der Waals surface area contributed by atoms with E-state index in [4.69, 9.17) is 4.98 Å². The molecule has 1 aliphatic heterocycles. The lowest BCUT2D eigenvalue weighted by molar-refractivity contribution is 0.691. The highest BCUT2D eigenvalue weighted by molar-refractivity contribution is 8.00. The van der Waals surface area contributed by atoms with Crippen molar-refractivity contribution in [3.8, 4) is 0 Å². The first-order valence-corrected chi connectivity index (χ1v) is 9.27. The Labute approximate surface area is 132 Å². The monoisotopic (exact) mass is 315 g/mol. The van der Waals surface area contributed by atoms with Crippen LogP contribution in [-0.4, -0.2) is 25.5 Å². The Morgan fingerprint density at radius 1 is 1.29 bits per heavy atom. The van der Waals surface area contributed by atoms with Crippen molar-refractivity contribution in [3.05, 3.63) is 46.5 Å². The SMILES string of the molecule is c1csc(Cn2c(CC3CCCS3)nc3cccnc32)c1. The lowest BCUT2D eigenvalue weighted by Gasteiger charge is -2.11. The van der Waals surface area contributed by atoms with E-state index in [1.807, 2.05) is 12.3 Å². The van der Waals surface area contributed by atoms with Gasteiger partial charge in [0.15, 0.2) is 5.65 Å². The molecule has 108 valence electrons. The molecular formula is C16H17N3S2. The highest BCUT2D eigenvalue weighted by Crippen LogP contribution is 2.30. The van der Waals surface area contributed by atoms with Crippen LogP contribution in [0.15, 0.2) is 35.8 Å². The highest BCUT2D eigenvalue weighted by Gasteiger charge is 2.20. The summed E-state index contributed by atoms with van der Waals surface area (Å²) in [5, 5.41) is 2.86. The van der Waals surface area contributed by atoms with E-state index in [2.05, 4.69) is 44.9 Å². The molecule has 0 aromatic carbocycles. The third kappa shape index (κ3) is 2.72. The van der Waals surface area contributed by atoms with Crippen LogP contribution in [0.3, 0.4) is 0 Å². The van der Waals surface area contributed by atoms with Gasteiger partial charge >= 0.3 is 0 Å². The number of hydrogen-bond donors (Lipinski definition) is 0. The predicted octanol–water partition coefficient (Wildman–Crippen LogP) is 3.98. The molecule has 5 heteroatoms. The summed E-state index contributed by atoms with van der Waals surface area (Å²) in [7, 11) is 0. The van der Waals surface area contributed by atoms with Gasteiger partial charge in [-0.3, -0.25) is 0 Å². The maximum absolute atomic E-state index is 4.85. The minimum atomic E-state index is 0.726. The van der Waals surface area contributed by atoms with Gasteiger partial charge in [-0.05, 0) is 42.2 Å². The number of pyridine rings is 1. The Balaban J connectivity index is 1.73. The van der Waals surface area contributed by atoms with Gasteiger partial charge in [0.1, 0.15) is 11.3 Å². The Kier molecular flexibility index (Phi) is 3.69. The van der Waals surface area contributed by atoms with Crippen LogP contribution in [0.1, 0.15) is 23.5 Å². The largest absolute Gasteiger partial charge is 0.307 e. The summed E-state index contributed by atoms with van der Waals surface area (Å²) in [5.74, 6) is 2.49. The summed E-state index contributed by atoms with van der Waals surface area (Å²) in [6.07, 6.45) is 5.59. The summed E-state index contributed by atoms with van der Waals surface area (Å²) in [6, 6.07) is 8.34. The maximum atomic E-state index is 4.85. The summed E-state index contributed by atoms with van der Waals surface area (Å²) in [4.78, 5) is 10.8. The van der Waals surface area contributed by atoms with Crippen LogP contribution in [0.4, 0.5) is 0 Å². The van der Waals surface area contributed by atoms with Crippen molar-refractivity contribution >= 4 is 34.3 Å². The van der Waals surface area contributed by atoms with E-state index in [9.17, 15) is 0 Å². The average Bonchev–Trinajstić information content (AvgIpc) is 3.23. The van der Waals surface area contributed by atoms with Crippen molar-refractivity contribution in [1.29, 1.82) is 0 Å². The van der Waals surface area contributed by atoms with Crippen LogP contribution in [-0.2, 0) is 13.0 Å². The van der Waals surface area contributed by atoms with E-state index in [-0.39, 0.29) is 0 Å². The Bertz CT molecular complexity index is 727. The summed E-state index contributed by atoms with van der Waals surface area (Å²) in [5.41, 5.74) is 2.04. The van der Waals surface area contributed by atoms with Crippen molar-refractivity contribution in [2.45, 2.75) is 31.1 Å². The van der Waals surface area contributed by atoms with Crippen LogP contribution < -0.4 is 0 Å². The van der Waals surface area contributed by atoms with Gasteiger partial charge < -0.3 is 4.57 Å². The van der Waals surface area contributed by atoms with Crippen molar-refractivity contribution in [2.75, 3.05) is 5.75 Å². The van der Waals surface area contributed by atoms with Crippen LogP contribution in [0.25, 0.3) is 11.2 Å². The highest BCUT2D eigenvalue weighted by atomic mass is 32.2. The Hall–Kier alpha value is -1.33. The normalized spacial score (nSPS) is 18.6. The maximum Gasteiger partial charge on any atom is 0.160 e. The standard InChI is InChI=1S/C16H17N3S2/c1-6-14-16(17-7-1)19(11-13-5-3-9-21-13)15(18-14)10-12-4-2-8-20-12/h1,3,5-7,9,12H,2,4,8,10-11H2. The predicted molar refractivity (Wildman–Crippen MR) is 90.1 cm³/mol.